The SMILES string of the molecule is NCc1cc(Br)ccc1OCc1ccc(F)c(C(F)(F)F)c1. The van der Waals surface area contributed by atoms with E-state index >= 15 is 0 Å². The van der Waals surface area contributed by atoms with Crippen LogP contribution in [0.3, 0.4) is 0 Å². The molecule has 0 fully saturated rings. The zero-order valence-electron chi connectivity index (χ0n) is 11.3. The summed E-state index contributed by atoms with van der Waals surface area (Å²) in [5, 5.41) is 0. The number of ether oxygens (including phenoxy) is 1. The van der Waals surface area contributed by atoms with Crippen LogP contribution < -0.4 is 10.5 Å². The molecule has 0 aliphatic heterocycles. The Hall–Kier alpha value is -1.60. The third kappa shape index (κ3) is 3.98. The molecule has 2 aromatic rings. The Bertz CT molecular complexity index is 673. The topological polar surface area (TPSA) is 35.2 Å². The van der Waals surface area contributed by atoms with E-state index in [-0.39, 0.29) is 18.7 Å². The summed E-state index contributed by atoms with van der Waals surface area (Å²) in [6.07, 6.45) is -4.74. The smallest absolute Gasteiger partial charge is 0.419 e. The predicted molar refractivity (Wildman–Crippen MR) is 77.8 cm³/mol. The van der Waals surface area contributed by atoms with E-state index in [1.165, 1.54) is 6.07 Å². The van der Waals surface area contributed by atoms with Crippen LogP contribution in [0.2, 0.25) is 0 Å². The van der Waals surface area contributed by atoms with Crippen LogP contribution in [0.4, 0.5) is 17.6 Å². The van der Waals surface area contributed by atoms with Crippen molar-refractivity contribution in [1.82, 2.24) is 0 Å². The maximum absolute atomic E-state index is 13.2. The van der Waals surface area contributed by atoms with Crippen molar-refractivity contribution < 1.29 is 22.3 Å². The second-order valence-electron chi connectivity index (χ2n) is 4.56. The number of rotatable bonds is 4. The Morgan fingerprint density at radius 3 is 2.45 bits per heavy atom. The molecule has 2 nitrogen and oxygen atoms in total. The van der Waals surface area contributed by atoms with Crippen molar-refractivity contribution in [3.8, 4) is 5.75 Å². The highest BCUT2D eigenvalue weighted by atomic mass is 79.9. The quantitative estimate of drug-likeness (QED) is 0.787. The largest absolute Gasteiger partial charge is 0.489 e. The number of halogens is 5. The normalized spacial score (nSPS) is 11.5. The minimum absolute atomic E-state index is 0.113. The molecule has 0 heterocycles. The van der Waals surface area contributed by atoms with Crippen LogP contribution in [0.5, 0.6) is 5.75 Å². The van der Waals surface area contributed by atoms with Gasteiger partial charge in [0.1, 0.15) is 18.2 Å². The first-order valence-corrected chi connectivity index (χ1v) is 7.07. The Morgan fingerprint density at radius 1 is 1.09 bits per heavy atom. The van der Waals surface area contributed by atoms with Crippen molar-refractivity contribution in [2.75, 3.05) is 0 Å². The Morgan fingerprint density at radius 2 is 1.82 bits per heavy atom. The molecule has 0 bridgehead atoms. The van der Waals surface area contributed by atoms with E-state index < -0.39 is 17.6 Å². The molecule has 0 saturated heterocycles. The Kier molecular flexibility index (Phi) is 5.08. The lowest BCUT2D eigenvalue weighted by atomic mass is 10.1. The molecule has 0 unspecified atom stereocenters. The highest BCUT2D eigenvalue weighted by molar-refractivity contribution is 9.10. The predicted octanol–water partition coefficient (Wildman–Crippen LogP) is 4.64. The number of hydrogen-bond donors (Lipinski definition) is 1. The van der Waals surface area contributed by atoms with Crippen LogP contribution >= 0.6 is 15.9 Å². The Balaban J connectivity index is 2.19. The van der Waals surface area contributed by atoms with Crippen molar-refractivity contribution in [2.24, 2.45) is 5.73 Å². The van der Waals surface area contributed by atoms with Gasteiger partial charge in [0, 0.05) is 16.6 Å². The van der Waals surface area contributed by atoms with Crippen LogP contribution in [0, 0.1) is 5.82 Å². The van der Waals surface area contributed by atoms with Gasteiger partial charge in [0.25, 0.3) is 0 Å². The first kappa shape index (κ1) is 16.8. The minimum Gasteiger partial charge on any atom is -0.489 e. The van der Waals surface area contributed by atoms with E-state index in [1.54, 1.807) is 18.2 Å². The molecular weight excluding hydrogens is 366 g/mol. The summed E-state index contributed by atoms with van der Waals surface area (Å²) in [6, 6.07) is 7.96. The highest BCUT2D eigenvalue weighted by Gasteiger charge is 2.34. The number of benzene rings is 2. The van der Waals surface area contributed by atoms with E-state index in [0.717, 1.165) is 16.6 Å². The third-order valence-electron chi connectivity index (χ3n) is 2.97. The Labute approximate surface area is 133 Å². The molecular formula is C15H12BrF4NO. The maximum atomic E-state index is 13.2. The fourth-order valence-electron chi connectivity index (χ4n) is 1.89. The van der Waals surface area contributed by atoms with Crippen molar-refractivity contribution in [3.63, 3.8) is 0 Å². The molecule has 0 amide bonds. The standard InChI is InChI=1S/C15H12BrF4NO/c16-11-2-4-14(10(6-11)7-21)22-8-9-1-3-13(17)12(5-9)15(18,19)20/h1-6H,7-8,21H2. The van der Waals surface area contributed by atoms with Crippen LogP contribution in [0.25, 0.3) is 0 Å². The van der Waals surface area contributed by atoms with Crippen LogP contribution in [0.1, 0.15) is 16.7 Å². The monoisotopic (exact) mass is 377 g/mol. The van der Waals surface area contributed by atoms with Crippen LogP contribution in [-0.4, -0.2) is 0 Å². The number of alkyl halides is 3. The fourth-order valence-corrected chi connectivity index (χ4v) is 2.30. The van der Waals surface area contributed by atoms with E-state index in [1.807, 2.05) is 0 Å². The maximum Gasteiger partial charge on any atom is 0.419 e. The molecule has 2 rings (SSSR count). The summed E-state index contributed by atoms with van der Waals surface area (Å²) >= 11 is 3.29. The highest BCUT2D eigenvalue weighted by Crippen LogP contribution is 2.32. The lowest BCUT2D eigenvalue weighted by molar-refractivity contribution is -0.140. The molecule has 0 aliphatic rings. The average Bonchev–Trinajstić information content (AvgIpc) is 2.46. The number of hydrogen-bond acceptors (Lipinski definition) is 2. The molecule has 7 heteroatoms. The van der Waals surface area contributed by atoms with Gasteiger partial charge in [0.2, 0.25) is 0 Å². The van der Waals surface area contributed by atoms with Crippen molar-refractivity contribution in [2.45, 2.75) is 19.3 Å². The number of nitrogens with two attached hydrogens (primary N) is 1. The fraction of sp³-hybridized carbons (Fsp3) is 0.200. The third-order valence-corrected chi connectivity index (χ3v) is 3.47. The summed E-state index contributed by atoms with van der Waals surface area (Å²) in [5.74, 6) is -0.828. The van der Waals surface area contributed by atoms with Crippen molar-refractivity contribution >= 4 is 15.9 Å². The molecule has 22 heavy (non-hydrogen) atoms. The lowest BCUT2D eigenvalue weighted by Crippen LogP contribution is -2.09. The molecule has 0 aliphatic carbocycles. The van der Waals surface area contributed by atoms with Crippen molar-refractivity contribution in [3.05, 3.63) is 63.4 Å². The minimum atomic E-state index is -4.74. The first-order valence-electron chi connectivity index (χ1n) is 6.28. The summed E-state index contributed by atoms with van der Waals surface area (Å²) in [7, 11) is 0. The van der Waals surface area contributed by atoms with Gasteiger partial charge in [-0.25, -0.2) is 4.39 Å². The molecule has 0 spiro atoms. The van der Waals surface area contributed by atoms with Gasteiger partial charge in [-0.15, -0.1) is 0 Å². The summed E-state index contributed by atoms with van der Waals surface area (Å²) < 4.78 is 57.5. The van der Waals surface area contributed by atoms with Gasteiger partial charge in [-0.3, -0.25) is 0 Å². The lowest BCUT2D eigenvalue weighted by Gasteiger charge is -2.13. The van der Waals surface area contributed by atoms with Gasteiger partial charge >= 0.3 is 6.18 Å². The molecule has 0 radical (unpaired) electrons. The zero-order chi connectivity index (χ0) is 16.3. The summed E-state index contributed by atoms with van der Waals surface area (Å²) in [6.45, 7) is 0.115. The van der Waals surface area contributed by atoms with Gasteiger partial charge < -0.3 is 10.5 Å². The summed E-state index contributed by atoms with van der Waals surface area (Å²) in [5.41, 5.74) is 5.23. The van der Waals surface area contributed by atoms with E-state index in [2.05, 4.69) is 15.9 Å². The van der Waals surface area contributed by atoms with Crippen LogP contribution in [-0.2, 0) is 19.3 Å². The van der Waals surface area contributed by atoms with Gasteiger partial charge in [0.05, 0.1) is 5.56 Å². The second kappa shape index (κ2) is 6.66. The molecule has 0 aromatic heterocycles. The summed E-state index contributed by atoms with van der Waals surface area (Å²) in [4.78, 5) is 0. The zero-order valence-corrected chi connectivity index (χ0v) is 12.8. The average molecular weight is 378 g/mol. The molecule has 0 atom stereocenters. The van der Waals surface area contributed by atoms with Crippen molar-refractivity contribution in [1.29, 1.82) is 0 Å². The van der Waals surface area contributed by atoms with E-state index in [9.17, 15) is 17.6 Å². The molecule has 118 valence electrons. The van der Waals surface area contributed by atoms with Gasteiger partial charge in [-0.05, 0) is 35.9 Å². The molecule has 2 aromatic carbocycles. The van der Waals surface area contributed by atoms with Gasteiger partial charge in [0.15, 0.2) is 0 Å². The van der Waals surface area contributed by atoms with E-state index in [0.29, 0.717) is 11.3 Å². The molecule has 0 saturated carbocycles. The van der Waals surface area contributed by atoms with Gasteiger partial charge in [-0.1, -0.05) is 22.0 Å². The van der Waals surface area contributed by atoms with Gasteiger partial charge in [-0.2, -0.15) is 13.2 Å². The van der Waals surface area contributed by atoms with E-state index in [4.69, 9.17) is 10.5 Å². The first-order chi connectivity index (χ1) is 10.3. The van der Waals surface area contributed by atoms with Crippen LogP contribution in [0.15, 0.2) is 40.9 Å². The molecule has 2 N–H and O–H groups in total. The second-order valence-corrected chi connectivity index (χ2v) is 5.47.